The lowest BCUT2D eigenvalue weighted by Crippen LogP contribution is -2.31. The third-order valence-electron chi connectivity index (χ3n) is 2.92. The van der Waals surface area contributed by atoms with Crippen molar-refractivity contribution in [3.8, 4) is 6.07 Å². The maximum absolute atomic E-state index is 12.8. The Labute approximate surface area is 142 Å². The molecular weight excluding hydrogens is 384 g/mol. The first-order valence-electron chi connectivity index (χ1n) is 6.33. The summed E-state index contributed by atoms with van der Waals surface area (Å²) in [4.78, 5) is 0.932. The van der Waals surface area contributed by atoms with Crippen LogP contribution >= 0.6 is 27.3 Å². The van der Waals surface area contributed by atoms with E-state index in [0.717, 1.165) is 8.66 Å². The molecule has 7 heteroatoms. The van der Waals surface area contributed by atoms with Crippen LogP contribution < -0.4 is 0 Å². The van der Waals surface area contributed by atoms with Gasteiger partial charge in [-0.25, -0.2) is 8.42 Å². The van der Waals surface area contributed by atoms with Crippen molar-refractivity contribution >= 4 is 37.3 Å². The summed E-state index contributed by atoms with van der Waals surface area (Å²) < 4.78 is 27.9. The van der Waals surface area contributed by atoms with Gasteiger partial charge in [0.1, 0.15) is 6.07 Å². The van der Waals surface area contributed by atoms with Crippen molar-refractivity contribution in [3.63, 3.8) is 0 Å². The largest absolute Gasteiger partial charge is 0.245 e. The highest BCUT2D eigenvalue weighted by atomic mass is 79.9. The molecule has 4 nitrogen and oxygen atoms in total. The van der Waals surface area contributed by atoms with Gasteiger partial charge in [0.25, 0.3) is 0 Å². The van der Waals surface area contributed by atoms with Gasteiger partial charge in [-0.2, -0.15) is 9.57 Å². The summed E-state index contributed by atoms with van der Waals surface area (Å²) in [6.45, 7) is 4.04. The Balaban J connectivity index is 2.42. The topological polar surface area (TPSA) is 61.2 Å². The van der Waals surface area contributed by atoms with Crippen molar-refractivity contribution in [2.24, 2.45) is 0 Å². The van der Waals surface area contributed by atoms with Crippen LogP contribution in [0.3, 0.4) is 0 Å². The van der Waals surface area contributed by atoms with Crippen molar-refractivity contribution in [1.82, 2.24) is 4.31 Å². The Bertz CT molecular complexity index is 822. The molecule has 1 aromatic heterocycles. The zero-order valence-electron chi connectivity index (χ0n) is 11.6. The first-order valence-corrected chi connectivity index (χ1v) is 9.38. The van der Waals surface area contributed by atoms with Crippen LogP contribution in [-0.4, -0.2) is 19.3 Å². The number of hydrogen-bond acceptors (Lipinski definition) is 4. The smallest absolute Gasteiger partial charge is 0.207 e. The predicted octanol–water partition coefficient (Wildman–Crippen LogP) is 3.76. The average molecular weight is 397 g/mol. The Morgan fingerprint density at radius 3 is 2.64 bits per heavy atom. The second-order valence-electron chi connectivity index (χ2n) is 4.40. The van der Waals surface area contributed by atoms with E-state index in [1.54, 1.807) is 12.1 Å². The molecule has 2 rings (SSSR count). The van der Waals surface area contributed by atoms with Crippen LogP contribution in [0.2, 0.25) is 0 Å². The number of halogens is 1. The highest BCUT2D eigenvalue weighted by molar-refractivity contribution is 9.11. The first-order chi connectivity index (χ1) is 10.5. The van der Waals surface area contributed by atoms with E-state index in [4.69, 9.17) is 5.26 Å². The summed E-state index contributed by atoms with van der Waals surface area (Å²) in [6, 6.07) is 11.9. The Kier molecular flexibility index (Phi) is 5.53. The fraction of sp³-hybridized carbons (Fsp3) is 0.133. The van der Waals surface area contributed by atoms with Gasteiger partial charge in [0.2, 0.25) is 10.0 Å². The van der Waals surface area contributed by atoms with Gasteiger partial charge in [0, 0.05) is 18.0 Å². The summed E-state index contributed by atoms with van der Waals surface area (Å²) in [5, 5.41) is 9.13. The van der Waals surface area contributed by atoms with Crippen LogP contribution in [0.4, 0.5) is 0 Å². The van der Waals surface area contributed by atoms with Crippen LogP contribution in [0.5, 0.6) is 0 Å². The molecule has 0 saturated carbocycles. The summed E-state index contributed by atoms with van der Waals surface area (Å²) in [5.74, 6) is 0. The Morgan fingerprint density at radius 2 is 2.05 bits per heavy atom. The third-order valence-corrected chi connectivity index (χ3v) is 6.40. The minimum Gasteiger partial charge on any atom is -0.207 e. The molecule has 1 aromatic carbocycles. The summed E-state index contributed by atoms with van der Waals surface area (Å²) >= 11 is 4.84. The van der Waals surface area contributed by atoms with E-state index in [1.165, 1.54) is 33.9 Å². The molecule has 0 saturated heterocycles. The summed E-state index contributed by atoms with van der Waals surface area (Å²) in [5.41, 5.74) is 0.143. The number of rotatable bonds is 6. The van der Waals surface area contributed by atoms with E-state index < -0.39 is 10.0 Å². The van der Waals surface area contributed by atoms with E-state index in [2.05, 4.69) is 22.5 Å². The van der Waals surface area contributed by atoms with Gasteiger partial charge < -0.3 is 0 Å². The highest BCUT2D eigenvalue weighted by Crippen LogP contribution is 2.26. The van der Waals surface area contributed by atoms with Gasteiger partial charge in [-0.1, -0.05) is 18.2 Å². The molecular formula is C15H13BrN2O2S2. The lowest BCUT2D eigenvalue weighted by atomic mass is 10.2. The van der Waals surface area contributed by atoms with Gasteiger partial charge in [0.05, 0.1) is 14.2 Å². The van der Waals surface area contributed by atoms with Gasteiger partial charge >= 0.3 is 0 Å². The molecule has 0 unspecified atom stereocenters. The van der Waals surface area contributed by atoms with Gasteiger partial charge in [-0.3, -0.25) is 0 Å². The maximum Gasteiger partial charge on any atom is 0.245 e. The maximum atomic E-state index is 12.8. The second-order valence-corrected chi connectivity index (χ2v) is 8.85. The fourth-order valence-corrected chi connectivity index (χ4v) is 5.04. The minimum absolute atomic E-state index is 0.0231. The molecule has 0 fully saturated rings. The number of hydrogen-bond donors (Lipinski definition) is 0. The van der Waals surface area contributed by atoms with E-state index in [-0.39, 0.29) is 23.5 Å². The van der Waals surface area contributed by atoms with Crippen molar-refractivity contribution in [3.05, 3.63) is 63.3 Å². The normalized spacial score (nSPS) is 11.3. The van der Waals surface area contributed by atoms with Crippen LogP contribution in [0.25, 0.3) is 0 Å². The number of benzene rings is 1. The van der Waals surface area contributed by atoms with Crippen LogP contribution in [0.1, 0.15) is 10.4 Å². The highest BCUT2D eigenvalue weighted by Gasteiger charge is 2.26. The van der Waals surface area contributed by atoms with Crippen molar-refractivity contribution in [2.45, 2.75) is 11.4 Å². The van der Waals surface area contributed by atoms with Crippen molar-refractivity contribution < 1.29 is 8.42 Å². The van der Waals surface area contributed by atoms with E-state index in [1.807, 2.05) is 18.2 Å². The van der Waals surface area contributed by atoms with Crippen molar-refractivity contribution in [1.29, 1.82) is 5.26 Å². The zero-order valence-corrected chi connectivity index (χ0v) is 14.8. The van der Waals surface area contributed by atoms with Crippen LogP contribution in [-0.2, 0) is 16.6 Å². The molecule has 0 aliphatic heterocycles. The molecule has 0 atom stereocenters. The standard InChI is InChI=1S/C15H13BrN2O2S2/c1-2-9-18(11-13-7-8-15(16)21-13)22(19,20)14-6-4-3-5-12(14)10-17/h2-8H,1,9,11H2. The number of thiophene rings is 1. The Hall–Kier alpha value is -1.46. The molecule has 114 valence electrons. The summed E-state index contributed by atoms with van der Waals surface area (Å²) in [6.07, 6.45) is 1.54. The molecule has 0 aliphatic rings. The van der Waals surface area contributed by atoms with Gasteiger partial charge in [0.15, 0.2) is 0 Å². The molecule has 1 heterocycles. The lowest BCUT2D eigenvalue weighted by molar-refractivity contribution is 0.441. The van der Waals surface area contributed by atoms with Gasteiger partial charge in [-0.15, -0.1) is 17.9 Å². The zero-order chi connectivity index (χ0) is 16.2. The molecule has 0 N–H and O–H groups in total. The fourth-order valence-electron chi connectivity index (χ4n) is 1.93. The van der Waals surface area contributed by atoms with Crippen LogP contribution in [0, 0.1) is 11.3 Å². The van der Waals surface area contributed by atoms with E-state index in [0.29, 0.717) is 0 Å². The number of nitrogens with zero attached hydrogens (tertiary/aromatic N) is 2. The monoisotopic (exact) mass is 396 g/mol. The Morgan fingerprint density at radius 1 is 1.32 bits per heavy atom. The molecule has 0 aliphatic carbocycles. The second kappa shape index (κ2) is 7.20. The molecule has 2 aromatic rings. The summed E-state index contributed by atoms with van der Waals surface area (Å²) in [7, 11) is -3.76. The van der Waals surface area contributed by atoms with E-state index >= 15 is 0 Å². The molecule has 0 amide bonds. The molecule has 22 heavy (non-hydrogen) atoms. The first kappa shape index (κ1) is 16.9. The lowest BCUT2D eigenvalue weighted by Gasteiger charge is -2.20. The predicted molar refractivity (Wildman–Crippen MR) is 91.0 cm³/mol. The average Bonchev–Trinajstić information content (AvgIpc) is 2.92. The number of nitriles is 1. The third kappa shape index (κ3) is 3.65. The van der Waals surface area contributed by atoms with Crippen molar-refractivity contribution in [2.75, 3.05) is 6.54 Å². The molecule has 0 radical (unpaired) electrons. The van der Waals surface area contributed by atoms with E-state index in [9.17, 15) is 8.42 Å². The SMILES string of the molecule is C=CCN(Cc1ccc(Br)s1)S(=O)(=O)c1ccccc1C#N. The number of sulfonamides is 1. The quantitative estimate of drug-likeness (QED) is 0.698. The minimum atomic E-state index is -3.76. The molecule has 0 spiro atoms. The van der Waals surface area contributed by atoms with Gasteiger partial charge in [-0.05, 0) is 40.2 Å². The van der Waals surface area contributed by atoms with Crippen LogP contribution in [0.15, 0.2) is 57.7 Å². The molecule has 0 bridgehead atoms.